The first-order valence-corrected chi connectivity index (χ1v) is 3.91. The normalized spacial score (nSPS) is 10.9. The average molecular weight is 220 g/mol. The molecular formula is C9H7F3O3. The fourth-order valence-electron chi connectivity index (χ4n) is 0.918. The second-order valence-corrected chi connectivity index (χ2v) is 2.60. The summed E-state index contributed by atoms with van der Waals surface area (Å²) in [5.41, 5.74) is 0.580. The molecule has 6 heteroatoms. The molecule has 3 nitrogen and oxygen atoms in total. The molecule has 82 valence electrons. The van der Waals surface area contributed by atoms with Crippen molar-refractivity contribution in [3.8, 4) is 5.75 Å². The third-order valence-electron chi connectivity index (χ3n) is 1.47. The Kier molecular flexibility index (Phi) is 3.54. The van der Waals surface area contributed by atoms with Gasteiger partial charge in [-0.2, -0.15) is 0 Å². The van der Waals surface area contributed by atoms with Gasteiger partial charge < -0.3 is 9.47 Å². The van der Waals surface area contributed by atoms with Crippen molar-refractivity contribution < 1.29 is 27.4 Å². The van der Waals surface area contributed by atoms with Gasteiger partial charge in [0.05, 0.1) is 0 Å². The summed E-state index contributed by atoms with van der Waals surface area (Å²) in [5, 5.41) is 0. The Morgan fingerprint density at radius 3 is 2.27 bits per heavy atom. The fourth-order valence-corrected chi connectivity index (χ4v) is 0.918. The first kappa shape index (κ1) is 11.4. The van der Waals surface area contributed by atoms with E-state index in [1.807, 2.05) is 0 Å². The minimum Gasteiger partial charge on any atom is -0.463 e. The fraction of sp³-hybridized carbons (Fsp3) is 0.222. The number of ether oxygens (including phenoxy) is 2. The number of hydrogen-bond donors (Lipinski definition) is 0. The molecule has 0 saturated heterocycles. The molecule has 0 unspecified atom stereocenters. The molecule has 1 rings (SSSR count). The summed E-state index contributed by atoms with van der Waals surface area (Å²) in [7, 11) is 0. The standard InChI is InChI=1S/C9H7F3O3/c10-9(11,12)15-8-3-1-7(2-4-8)5-14-6-13/h1-4,6H,5H2. The Bertz CT molecular complexity index is 318. The molecule has 0 radical (unpaired) electrons. The van der Waals surface area contributed by atoms with Crippen LogP contribution in [-0.4, -0.2) is 12.8 Å². The third-order valence-corrected chi connectivity index (χ3v) is 1.47. The summed E-state index contributed by atoms with van der Waals surface area (Å²) in [6.45, 7) is 0.288. The highest BCUT2D eigenvalue weighted by atomic mass is 19.4. The Hall–Kier alpha value is -1.72. The zero-order valence-electron chi connectivity index (χ0n) is 7.45. The van der Waals surface area contributed by atoms with Gasteiger partial charge in [0.15, 0.2) is 0 Å². The Morgan fingerprint density at radius 1 is 1.20 bits per heavy atom. The molecular weight excluding hydrogens is 213 g/mol. The number of carbonyl (C=O) groups is 1. The van der Waals surface area contributed by atoms with Crippen LogP contribution in [0.5, 0.6) is 5.75 Å². The maximum Gasteiger partial charge on any atom is 0.573 e. The van der Waals surface area contributed by atoms with Gasteiger partial charge in [-0.3, -0.25) is 4.79 Å². The van der Waals surface area contributed by atoms with Crippen molar-refractivity contribution in [2.24, 2.45) is 0 Å². The van der Waals surface area contributed by atoms with Gasteiger partial charge in [0, 0.05) is 0 Å². The van der Waals surface area contributed by atoms with Crippen LogP contribution in [0.3, 0.4) is 0 Å². The summed E-state index contributed by atoms with van der Waals surface area (Å²) in [4.78, 5) is 9.84. The van der Waals surface area contributed by atoms with Crippen molar-refractivity contribution in [2.45, 2.75) is 13.0 Å². The van der Waals surface area contributed by atoms with Crippen LogP contribution in [0.4, 0.5) is 13.2 Å². The number of rotatable bonds is 4. The Morgan fingerprint density at radius 2 is 1.80 bits per heavy atom. The third kappa shape index (κ3) is 4.35. The van der Waals surface area contributed by atoms with Crippen LogP contribution in [0, 0.1) is 0 Å². The molecule has 0 heterocycles. The lowest BCUT2D eigenvalue weighted by Crippen LogP contribution is -2.17. The van der Waals surface area contributed by atoms with Gasteiger partial charge in [-0.15, -0.1) is 13.2 Å². The van der Waals surface area contributed by atoms with Gasteiger partial charge in [0.2, 0.25) is 0 Å². The van der Waals surface area contributed by atoms with Crippen molar-refractivity contribution in [3.63, 3.8) is 0 Å². The van der Waals surface area contributed by atoms with E-state index in [-0.39, 0.29) is 18.8 Å². The maximum absolute atomic E-state index is 11.8. The molecule has 15 heavy (non-hydrogen) atoms. The summed E-state index contributed by atoms with van der Waals surface area (Å²) in [6, 6.07) is 5.06. The topological polar surface area (TPSA) is 35.5 Å². The molecule has 0 saturated carbocycles. The predicted molar refractivity (Wildman–Crippen MR) is 44.0 cm³/mol. The van der Waals surface area contributed by atoms with E-state index < -0.39 is 6.36 Å². The highest BCUT2D eigenvalue weighted by molar-refractivity contribution is 5.37. The zero-order chi connectivity index (χ0) is 11.3. The molecule has 0 spiro atoms. The van der Waals surface area contributed by atoms with Gasteiger partial charge in [0.1, 0.15) is 12.4 Å². The van der Waals surface area contributed by atoms with E-state index >= 15 is 0 Å². The van der Waals surface area contributed by atoms with E-state index in [4.69, 9.17) is 0 Å². The van der Waals surface area contributed by atoms with Gasteiger partial charge >= 0.3 is 6.36 Å². The summed E-state index contributed by atoms with van der Waals surface area (Å²) < 4.78 is 43.3. The number of halogens is 3. The molecule has 0 aliphatic carbocycles. The van der Waals surface area contributed by atoms with Crippen molar-refractivity contribution in [3.05, 3.63) is 29.8 Å². The molecule has 0 amide bonds. The summed E-state index contributed by atoms with van der Waals surface area (Å²) in [6.07, 6.45) is -4.69. The van der Waals surface area contributed by atoms with Crippen molar-refractivity contribution in [1.29, 1.82) is 0 Å². The highest BCUT2D eigenvalue weighted by Crippen LogP contribution is 2.22. The molecule has 0 aliphatic rings. The Labute approximate surface area is 83.4 Å². The van der Waals surface area contributed by atoms with Crippen molar-refractivity contribution in [2.75, 3.05) is 0 Å². The van der Waals surface area contributed by atoms with E-state index in [2.05, 4.69) is 9.47 Å². The number of carbonyl (C=O) groups excluding carboxylic acids is 1. The second-order valence-electron chi connectivity index (χ2n) is 2.60. The SMILES string of the molecule is O=COCc1ccc(OC(F)(F)F)cc1. The van der Waals surface area contributed by atoms with Crippen LogP contribution >= 0.6 is 0 Å². The maximum atomic E-state index is 11.8. The van der Waals surface area contributed by atoms with Crippen molar-refractivity contribution >= 4 is 6.47 Å². The molecule has 0 atom stereocenters. The summed E-state index contributed by atoms with van der Waals surface area (Å²) >= 11 is 0. The lowest BCUT2D eigenvalue weighted by Gasteiger charge is -2.08. The van der Waals surface area contributed by atoms with Gasteiger partial charge in [-0.05, 0) is 17.7 Å². The van der Waals surface area contributed by atoms with Crippen LogP contribution < -0.4 is 4.74 Å². The van der Waals surface area contributed by atoms with Gasteiger partial charge in [-0.1, -0.05) is 12.1 Å². The second kappa shape index (κ2) is 4.68. The minimum absolute atomic E-state index is 0.0236. The quantitative estimate of drug-likeness (QED) is 0.730. The van der Waals surface area contributed by atoms with E-state index in [9.17, 15) is 18.0 Å². The highest BCUT2D eigenvalue weighted by Gasteiger charge is 2.30. The van der Waals surface area contributed by atoms with Gasteiger partial charge in [-0.25, -0.2) is 0 Å². The smallest absolute Gasteiger partial charge is 0.463 e. The predicted octanol–water partition coefficient (Wildman–Crippen LogP) is 2.26. The van der Waals surface area contributed by atoms with E-state index in [1.54, 1.807) is 0 Å². The van der Waals surface area contributed by atoms with Crippen LogP contribution in [0.25, 0.3) is 0 Å². The lowest BCUT2D eigenvalue weighted by molar-refractivity contribution is -0.274. The van der Waals surface area contributed by atoms with Crippen LogP contribution in [0.15, 0.2) is 24.3 Å². The number of hydrogen-bond acceptors (Lipinski definition) is 3. The van der Waals surface area contributed by atoms with Crippen LogP contribution in [-0.2, 0) is 16.1 Å². The lowest BCUT2D eigenvalue weighted by atomic mass is 10.2. The molecule has 0 N–H and O–H groups in total. The van der Waals surface area contributed by atoms with Gasteiger partial charge in [0.25, 0.3) is 6.47 Å². The van der Waals surface area contributed by atoms with E-state index in [0.29, 0.717) is 5.56 Å². The molecule has 1 aromatic carbocycles. The van der Waals surface area contributed by atoms with Crippen molar-refractivity contribution in [1.82, 2.24) is 0 Å². The first-order chi connectivity index (χ1) is 7.01. The number of benzene rings is 1. The average Bonchev–Trinajstić information content (AvgIpc) is 2.14. The summed E-state index contributed by atoms with van der Waals surface area (Å²) in [5.74, 6) is -0.308. The largest absolute Gasteiger partial charge is 0.573 e. The van der Waals surface area contributed by atoms with Crippen LogP contribution in [0.2, 0.25) is 0 Å². The zero-order valence-corrected chi connectivity index (χ0v) is 7.45. The van der Waals surface area contributed by atoms with E-state index in [0.717, 1.165) is 12.1 Å². The Balaban J connectivity index is 2.60. The first-order valence-electron chi connectivity index (χ1n) is 3.91. The molecule has 0 aliphatic heterocycles. The van der Waals surface area contributed by atoms with Crippen LogP contribution in [0.1, 0.15) is 5.56 Å². The van der Waals surface area contributed by atoms with E-state index in [1.165, 1.54) is 12.1 Å². The molecule has 0 aromatic heterocycles. The molecule has 1 aromatic rings. The molecule has 0 bridgehead atoms. The number of alkyl halides is 3. The minimum atomic E-state index is -4.69. The molecule has 0 fully saturated rings. The monoisotopic (exact) mass is 220 g/mol.